The number of fused-ring (bicyclic) bond motifs is 1. The molecule has 0 aliphatic heterocycles. The molecule has 0 saturated heterocycles. The predicted molar refractivity (Wildman–Crippen MR) is 86.9 cm³/mol. The minimum atomic E-state index is 0.632. The van der Waals surface area contributed by atoms with Gasteiger partial charge in [-0.25, -0.2) is 4.98 Å². The molecule has 1 aromatic carbocycles. The SMILES string of the molecule is Cc1[nH]nc2ncc(N=Nc3ccccc3)c(-c3ccco3)c12. The van der Waals surface area contributed by atoms with Crippen LogP contribution in [0.25, 0.3) is 22.4 Å². The van der Waals surface area contributed by atoms with Gasteiger partial charge in [-0.1, -0.05) is 18.2 Å². The number of azo groups is 1. The molecule has 3 heterocycles. The van der Waals surface area contributed by atoms with Crippen LogP contribution < -0.4 is 0 Å². The standard InChI is InChI=1S/C17H13N5O/c1-11-15-16(14-8-5-9-23-14)13(10-18-17(15)22-19-11)21-20-12-6-3-2-4-7-12/h2-10H,1H3,(H,18,19,22). The van der Waals surface area contributed by atoms with Crippen LogP contribution in [0.4, 0.5) is 11.4 Å². The Bertz CT molecular complexity index is 971. The fraction of sp³-hybridized carbons (Fsp3) is 0.0588. The normalized spacial score (nSPS) is 11.5. The van der Waals surface area contributed by atoms with Crippen LogP contribution in [-0.4, -0.2) is 15.2 Å². The van der Waals surface area contributed by atoms with Crippen LogP contribution in [0.15, 0.2) is 69.6 Å². The van der Waals surface area contributed by atoms with Crippen molar-refractivity contribution in [3.05, 3.63) is 60.6 Å². The number of pyridine rings is 1. The maximum Gasteiger partial charge on any atom is 0.182 e. The maximum atomic E-state index is 5.57. The Morgan fingerprint density at radius 2 is 1.91 bits per heavy atom. The first-order valence-corrected chi connectivity index (χ1v) is 7.17. The molecule has 0 bridgehead atoms. The van der Waals surface area contributed by atoms with Gasteiger partial charge in [0.05, 0.1) is 29.1 Å². The first-order valence-electron chi connectivity index (χ1n) is 7.17. The number of aromatic nitrogens is 3. The van der Waals surface area contributed by atoms with Crippen molar-refractivity contribution >= 4 is 22.4 Å². The highest BCUT2D eigenvalue weighted by Gasteiger charge is 2.17. The van der Waals surface area contributed by atoms with Gasteiger partial charge in [0, 0.05) is 5.69 Å². The number of hydrogen-bond donors (Lipinski definition) is 1. The number of rotatable bonds is 3. The number of benzene rings is 1. The van der Waals surface area contributed by atoms with E-state index < -0.39 is 0 Å². The third-order valence-corrected chi connectivity index (χ3v) is 3.54. The molecule has 0 saturated carbocycles. The molecule has 4 aromatic rings. The number of aromatic amines is 1. The molecule has 0 spiro atoms. The summed E-state index contributed by atoms with van der Waals surface area (Å²) >= 11 is 0. The molecule has 3 aromatic heterocycles. The minimum Gasteiger partial charge on any atom is -0.464 e. The lowest BCUT2D eigenvalue weighted by Crippen LogP contribution is -1.84. The Balaban J connectivity index is 1.91. The van der Waals surface area contributed by atoms with Crippen LogP contribution in [0.2, 0.25) is 0 Å². The first-order chi connectivity index (χ1) is 11.3. The van der Waals surface area contributed by atoms with E-state index in [4.69, 9.17) is 4.42 Å². The average Bonchev–Trinajstić information content (AvgIpc) is 3.24. The van der Waals surface area contributed by atoms with Crippen LogP contribution >= 0.6 is 0 Å². The number of H-pyrrole nitrogens is 1. The fourth-order valence-corrected chi connectivity index (χ4v) is 2.48. The van der Waals surface area contributed by atoms with E-state index in [1.54, 1.807) is 12.5 Å². The summed E-state index contributed by atoms with van der Waals surface area (Å²) in [6, 6.07) is 13.3. The molecular weight excluding hydrogens is 290 g/mol. The zero-order valence-corrected chi connectivity index (χ0v) is 12.4. The Labute approximate surface area is 131 Å². The monoisotopic (exact) mass is 303 g/mol. The average molecular weight is 303 g/mol. The molecule has 112 valence electrons. The van der Waals surface area contributed by atoms with Gasteiger partial charge < -0.3 is 4.42 Å². The van der Waals surface area contributed by atoms with Crippen molar-refractivity contribution in [3.63, 3.8) is 0 Å². The van der Waals surface area contributed by atoms with Gasteiger partial charge >= 0.3 is 0 Å². The van der Waals surface area contributed by atoms with Gasteiger partial charge in [-0.2, -0.15) is 10.2 Å². The second-order valence-corrected chi connectivity index (χ2v) is 5.08. The zero-order valence-electron chi connectivity index (χ0n) is 12.4. The number of aryl methyl sites for hydroxylation is 1. The molecule has 0 unspecified atom stereocenters. The first kappa shape index (κ1) is 13.4. The van der Waals surface area contributed by atoms with Crippen molar-refractivity contribution in [2.24, 2.45) is 10.2 Å². The van der Waals surface area contributed by atoms with Crippen molar-refractivity contribution in [1.29, 1.82) is 0 Å². The number of furan rings is 1. The molecule has 6 nitrogen and oxygen atoms in total. The Morgan fingerprint density at radius 1 is 1.04 bits per heavy atom. The van der Waals surface area contributed by atoms with Crippen molar-refractivity contribution < 1.29 is 4.42 Å². The second-order valence-electron chi connectivity index (χ2n) is 5.08. The van der Waals surface area contributed by atoms with E-state index in [-0.39, 0.29) is 0 Å². The Morgan fingerprint density at radius 3 is 2.70 bits per heavy atom. The molecule has 0 atom stereocenters. The predicted octanol–water partition coefficient (Wildman–Crippen LogP) is 4.94. The number of nitrogens with zero attached hydrogens (tertiary/aromatic N) is 4. The lowest BCUT2D eigenvalue weighted by molar-refractivity contribution is 0.583. The number of nitrogens with one attached hydrogen (secondary N) is 1. The van der Waals surface area contributed by atoms with Gasteiger partial charge in [0.2, 0.25) is 0 Å². The van der Waals surface area contributed by atoms with Crippen molar-refractivity contribution in [1.82, 2.24) is 15.2 Å². The van der Waals surface area contributed by atoms with Crippen molar-refractivity contribution in [2.45, 2.75) is 6.92 Å². The van der Waals surface area contributed by atoms with E-state index >= 15 is 0 Å². The Kier molecular flexibility index (Phi) is 3.20. The van der Waals surface area contributed by atoms with E-state index in [0.29, 0.717) is 17.1 Å². The summed E-state index contributed by atoms with van der Waals surface area (Å²) in [6.45, 7) is 1.95. The molecule has 4 rings (SSSR count). The van der Waals surface area contributed by atoms with E-state index in [9.17, 15) is 0 Å². The molecule has 0 radical (unpaired) electrons. The summed E-state index contributed by atoms with van der Waals surface area (Å²) in [5, 5.41) is 16.7. The summed E-state index contributed by atoms with van der Waals surface area (Å²) in [4.78, 5) is 4.35. The molecule has 0 fully saturated rings. The zero-order chi connectivity index (χ0) is 15.6. The third kappa shape index (κ3) is 2.40. The fourth-order valence-electron chi connectivity index (χ4n) is 2.48. The smallest absolute Gasteiger partial charge is 0.182 e. The Hall–Kier alpha value is -3.28. The summed E-state index contributed by atoms with van der Waals surface area (Å²) in [5.74, 6) is 0.712. The summed E-state index contributed by atoms with van der Waals surface area (Å²) in [6.07, 6.45) is 3.29. The quantitative estimate of drug-likeness (QED) is 0.544. The molecule has 0 aliphatic carbocycles. The molecule has 1 N–H and O–H groups in total. The van der Waals surface area contributed by atoms with Gasteiger partial charge in [0.15, 0.2) is 5.65 Å². The van der Waals surface area contributed by atoms with E-state index in [0.717, 1.165) is 22.3 Å². The number of hydrogen-bond acceptors (Lipinski definition) is 5. The van der Waals surface area contributed by atoms with Gasteiger partial charge in [0.1, 0.15) is 11.4 Å². The van der Waals surface area contributed by atoms with Crippen LogP contribution in [0.5, 0.6) is 0 Å². The molecule has 0 amide bonds. The van der Waals surface area contributed by atoms with E-state index in [2.05, 4.69) is 25.4 Å². The summed E-state index contributed by atoms with van der Waals surface area (Å²) in [7, 11) is 0. The van der Waals surface area contributed by atoms with Gasteiger partial charge in [-0.3, -0.25) is 5.10 Å². The summed E-state index contributed by atoms with van der Waals surface area (Å²) < 4.78 is 5.57. The van der Waals surface area contributed by atoms with Crippen molar-refractivity contribution in [3.8, 4) is 11.3 Å². The minimum absolute atomic E-state index is 0.632. The highest BCUT2D eigenvalue weighted by molar-refractivity contribution is 5.98. The molecule has 0 aliphatic rings. The van der Waals surface area contributed by atoms with Gasteiger partial charge in [-0.05, 0) is 31.2 Å². The van der Waals surface area contributed by atoms with Crippen LogP contribution in [-0.2, 0) is 0 Å². The van der Waals surface area contributed by atoms with E-state index in [1.807, 2.05) is 49.4 Å². The highest BCUT2D eigenvalue weighted by atomic mass is 16.3. The topological polar surface area (TPSA) is 79.4 Å². The molecule has 6 heteroatoms. The second kappa shape index (κ2) is 5.49. The lowest BCUT2D eigenvalue weighted by Gasteiger charge is -2.04. The maximum absolute atomic E-state index is 5.57. The van der Waals surface area contributed by atoms with Crippen LogP contribution in [0.3, 0.4) is 0 Å². The lowest BCUT2D eigenvalue weighted by atomic mass is 10.1. The van der Waals surface area contributed by atoms with Crippen LogP contribution in [0.1, 0.15) is 5.69 Å². The largest absolute Gasteiger partial charge is 0.464 e. The summed E-state index contributed by atoms with van der Waals surface area (Å²) in [5.41, 5.74) is 3.80. The van der Waals surface area contributed by atoms with Crippen LogP contribution in [0, 0.1) is 6.92 Å². The van der Waals surface area contributed by atoms with Crippen molar-refractivity contribution in [2.75, 3.05) is 0 Å². The van der Waals surface area contributed by atoms with Gasteiger partial charge in [-0.15, -0.1) is 5.11 Å². The highest BCUT2D eigenvalue weighted by Crippen LogP contribution is 2.37. The third-order valence-electron chi connectivity index (χ3n) is 3.54. The molecule has 23 heavy (non-hydrogen) atoms. The molecular formula is C17H13N5O. The van der Waals surface area contributed by atoms with E-state index in [1.165, 1.54) is 0 Å². The van der Waals surface area contributed by atoms with Gasteiger partial charge in [0.25, 0.3) is 0 Å².